The molecular formula is C14H18N2O3. The predicted octanol–water partition coefficient (Wildman–Crippen LogP) is 2.19. The summed E-state index contributed by atoms with van der Waals surface area (Å²) < 4.78 is 0. The largest absolute Gasteiger partial charge is 0.481 e. The Balaban J connectivity index is 2.38. The predicted molar refractivity (Wildman–Crippen MR) is 73.4 cm³/mol. The fraction of sp³-hybridized carbons (Fsp3) is 0.429. The van der Waals surface area contributed by atoms with Crippen LogP contribution in [-0.4, -0.2) is 23.0 Å². The summed E-state index contributed by atoms with van der Waals surface area (Å²) in [5, 5.41) is 14.6. The quantitative estimate of drug-likeness (QED) is 0.763. The van der Waals surface area contributed by atoms with E-state index < -0.39 is 12.0 Å². The normalized spacial score (nSPS) is 18.3. The number of benzene rings is 1. The molecule has 0 spiro atoms. The van der Waals surface area contributed by atoms with Crippen molar-refractivity contribution in [2.45, 2.75) is 38.6 Å². The average molecular weight is 262 g/mol. The van der Waals surface area contributed by atoms with Crippen molar-refractivity contribution < 1.29 is 14.7 Å². The van der Waals surface area contributed by atoms with E-state index in [1.54, 1.807) is 0 Å². The van der Waals surface area contributed by atoms with Gasteiger partial charge in [0.05, 0.1) is 17.8 Å². The van der Waals surface area contributed by atoms with Gasteiger partial charge in [-0.2, -0.15) is 0 Å². The van der Waals surface area contributed by atoms with Crippen molar-refractivity contribution in [3.05, 3.63) is 23.8 Å². The van der Waals surface area contributed by atoms with Crippen LogP contribution in [0.4, 0.5) is 11.4 Å². The van der Waals surface area contributed by atoms with Crippen molar-refractivity contribution >= 4 is 23.3 Å². The molecule has 0 saturated heterocycles. The molecule has 0 saturated carbocycles. The smallest absolute Gasteiger partial charge is 0.305 e. The van der Waals surface area contributed by atoms with Crippen molar-refractivity contribution in [1.29, 1.82) is 0 Å². The number of rotatable bonds is 2. The summed E-state index contributed by atoms with van der Waals surface area (Å²) in [5.41, 5.74) is 2.46. The molecule has 0 aliphatic carbocycles. The van der Waals surface area contributed by atoms with Gasteiger partial charge in [0, 0.05) is 0 Å². The highest BCUT2D eigenvalue weighted by Crippen LogP contribution is 2.37. The third-order valence-corrected chi connectivity index (χ3v) is 3.15. The highest BCUT2D eigenvalue weighted by molar-refractivity contribution is 6.05. The number of anilines is 2. The van der Waals surface area contributed by atoms with Crippen molar-refractivity contribution in [2.24, 2.45) is 0 Å². The van der Waals surface area contributed by atoms with E-state index in [2.05, 4.69) is 31.4 Å². The molecular weight excluding hydrogens is 244 g/mol. The highest BCUT2D eigenvalue weighted by Gasteiger charge is 2.30. The van der Waals surface area contributed by atoms with Gasteiger partial charge < -0.3 is 15.7 Å². The monoisotopic (exact) mass is 262 g/mol. The van der Waals surface area contributed by atoms with E-state index in [4.69, 9.17) is 5.11 Å². The Morgan fingerprint density at radius 1 is 1.37 bits per heavy atom. The molecule has 0 fully saturated rings. The van der Waals surface area contributed by atoms with Crippen molar-refractivity contribution in [1.82, 2.24) is 0 Å². The van der Waals surface area contributed by atoms with Crippen LogP contribution in [0.1, 0.15) is 32.8 Å². The van der Waals surface area contributed by atoms with Gasteiger partial charge in [0.2, 0.25) is 5.91 Å². The molecule has 5 nitrogen and oxygen atoms in total. The molecule has 3 N–H and O–H groups in total. The number of carbonyl (C=O) groups is 2. The molecule has 5 heteroatoms. The van der Waals surface area contributed by atoms with E-state index in [1.807, 2.05) is 18.2 Å². The number of hydrogen-bond acceptors (Lipinski definition) is 3. The van der Waals surface area contributed by atoms with Gasteiger partial charge in [-0.15, -0.1) is 0 Å². The van der Waals surface area contributed by atoms with Gasteiger partial charge in [-0.3, -0.25) is 9.59 Å². The fourth-order valence-corrected chi connectivity index (χ4v) is 2.21. The first-order valence-electron chi connectivity index (χ1n) is 6.22. The number of carboxylic acids is 1. The van der Waals surface area contributed by atoms with Gasteiger partial charge in [0.25, 0.3) is 0 Å². The van der Waals surface area contributed by atoms with Crippen LogP contribution in [0.25, 0.3) is 0 Å². The molecule has 1 atom stereocenters. The summed E-state index contributed by atoms with van der Waals surface area (Å²) in [7, 11) is 0. The summed E-state index contributed by atoms with van der Waals surface area (Å²) in [6, 6.07) is 5.00. The van der Waals surface area contributed by atoms with E-state index in [0.717, 1.165) is 16.9 Å². The van der Waals surface area contributed by atoms with Crippen LogP contribution >= 0.6 is 0 Å². The lowest BCUT2D eigenvalue weighted by Gasteiger charge is -2.31. The van der Waals surface area contributed by atoms with Crippen LogP contribution in [-0.2, 0) is 15.0 Å². The number of carbonyl (C=O) groups excluding carboxylic acids is 1. The highest BCUT2D eigenvalue weighted by atomic mass is 16.4. The van der Waals surface area contributed by atoms with E-state index in [0.29, 0.717) is 0 Å². The van der Waals surface area contributed by atoms with Crippen molar-refractivity contribution in [2.75, 3.05) is 10.6 Å². The Bertz CT molecular complexity index is 532. The molecule has 1 unspecified atom stereocenters. The number of hydrogen-bond donors (Lipinski definition) is 3. The number of aliphatic carboxylic acids is 1. The second kappa shape index (κ2) is 4.57. The lowest BCUT2D eigenvalue weighted by Crippen LogP contribution is -2.41. The average Bonchev–Trinajstić information content (AvgIpc) is 2.27. The lowest BCUT2D eigenvalue weighted by molar-refractivity contribution is -0.138. The van der Waals surface area contributed by atoms with Gasteiger partial charge in [0.1, 0.15) is 6.04 Å². The minimum absolute atomic E-state index is 0.0973. The summed E-state index contributed by atoms with van der Waals surface area (Å²) in [5.74, 6) is -1.30. The molecule has 1 aliphatic heterocycles. The van der Waals surface area contributed by atoms with Crippen molar-refractivity contribution in [3.63, 3.8) is 0 Å². The van der Waals surface area contributed by atoms with E-state index in [9.17, 15) is 9.59 Å². The molecule has 1 heterocycles. The maximum absolute atomic E-state index is 11.9. The Morgan fingerprint density at radius 2 is 2.05 bits per heavy atom. The minimum Gasteiger partial charge on any atom is -0.481 e. The Kier molecular flexibility index (Phi) is 3.22. The molecule has 19 heavy (non-hydrogen) atoms. The van der Waals surface area contributed by atoms with Crippen LogP contribution in [0.15, 0.2) is 18.2 Å². The zero-order valence-corrected chi connectivity index (χ0v) is 11.3. The second-order valence-corrected chi connectivity index (χ2v) is 5.76. The van der Waals surface area contributed by atoms with Crippen LogP contribution < -0.4 is 10.6 Å². The number of fused-ring (bicyclic) bond motifs is 1. The Morgan fingerprint density at radius 3 is 2.63 bits per heavy atom. The first-order valence-corrected chi connectivity index (χ1v) is 6.22. The third-order valence-electron chi connectivity index (χ3n) is 3.15. The van der Waals surface area contributed by atoms with Gasteiger partial charge >= 0.3 is 5.97 Å². The van der Waals surface area contributed by atoms with Crippen molar-refractivity contribution in [3.8, 4) is 0 Å². The minimum atomic E-state index is -0.997. The number of amides is 1. The number of carboxylic acid groups (broad SMARTS) is 1. The maximum atomic E-state index is 11.9. The molecule has 1 aromatic rings. The zero-order chi connectivity index (χ0) is 14.2. The molecule has 102 valence electrons. The lowest BCUT2D eigenvalue weighted by atomic mass is 9.84. The van der Waals surface area contributed by atoms with Crippen LogP contribution in [0.5, 0.6) is 0 Å². The standard InChI is InChI=1S/C14H18N2O3/c1-14(2,3)8-5-4-6-9-12(8)16-13(19)10(15-9)7-11(17)18/h4-6,10,15H,7H2,1-3H3,(H,16,19)(H,17,18). The molecule has 0 radical (unpaired) electrons. The van der Waals surface area contributed by atoms with E-state index >= 15 is 0 Å². The Labute approximate surface area is 112 Å². The summed E-state index contributed by atoms with van der Waals surface area (Å²) in [4.78, 5) is 22.7. The van der Waals surface area contributed by atoms with Gasteiger partial charge in [-0.1, -0.05) is 32.9 Å². The van der Waals surface area contributed by atoms with Gasteiger partial charge in [-0.05, 0) is 17.0 Å². The maximum Gasteiger partial charge on any atom is 0.305 e. The molecule has 1 aromatic carbocycles. The summed E-state index contributed by atoms with van der Waals surface area (Å²) in [6.07, 6.45) is -0.231. The zero-order valence-electron chi connectivity index (χ0n) is 11.3. The van der Waals surface area contributed by atoms with Gasteiger partial charge in [0.15, 0.2) is 0 Å². The first-order chi connectivity index (χ1) is 8.79. The summed E-state index contributed by atoms with van der Waals surface area (Å²) >= 11 is 0. The topological polar surface area (TPSA) is 78.4 Å². The number of para-hydroxylation sites is 1. The SMILES string of the molecule is CC(C)(C)c1cccc2c1NC(=O)C(CC(=O)O)N2. The second-order valence-electron chi connectivity index (χ2n) is 5.76. The number of nitrogens with one attached hydrogen (secondary N) is 2. The van der Waals surface area contributed by atoms with E-state index in [-0.39, 0.29) is 17.7 Å². The molecule has 2 rings (SSSR count). The van der Waals surface area contributed by atoms with Crippen LogP contribution in [0.2, 0.25) is 0 Å². The van der Waals surface area contributed by atoms with Gasteiger partial charge in [-0.25, -0.2) is 0 Å². The Hall–Kier alpha value is -2.04. The molecule has 0 aromatic heterocycles. The molecule has 0 bridgehead atoms. The third kappa shape index (κ3) is 2.70. The molecule has 1 aliphatic rings. The van der Waals surface area contributed by atoms with E-state index in [1.165, 1.54) is 0 Å². The fourth-order valence-electron chi connectivity index (χ4n) is 2.21. The summed E-state index contributed by atoms with van der Waals surface area (Å²) in [6.45, 7) is 6.20. The van der Waals surface area contributed by atoms with Crippen LogP contribution in [0, 0.1) is 0 Å². The van der Waals surface area contributed by atoms with Crippen LogP contribution in [0.3, 0.4) is 0 Å². The molecule has 1 amide bonds. The first kappa shape index (κ1) is 13.4.